The van der Waals surface area contributed by atoms with Gasteiger partial charge in [0.15, 0.2) is 0 Å². The number of rotatable bonds is 10. The molecule has 41 heavy (non-hydrogen) atoms. The maximum absolute atomic E-state index is 13.6. The van der Waals surface area contributed by atoms with Crippen LogP contribution in [0.2, 0.25) is 0 Å². The summed E-state index contributed by atoms with van der Waals surface area (Å²) in [4.78, 5) is 0. The van der Waals surface area contributed by atoms with Gasteiger partial charge in [0.1, 0.15) is 0 Å². The molecule has 1 nitrogen and oxygen atoms in total. The molecule has 28 heteroatoms. The van der Waals surface area contributed by atoms with Crippen molar-refractivity contribution in [3.8, 4) is 0 Å². The van der Waals surface area contributed by atoms with E-state index in [1.165, 1.54) is 0 Å². The largest absolute Gasteiger partial charge is 0.460 e. The first kappa shape index (κ1) is 39.9. The van der Waals surface area contributed by atoms with Crippen LogP contribution in [0.25, 0.3) is 0 Å². The Kier molecular flexibility index (Phi) is 9.17. The molecule has 0 aromatic carbocycles. The second-order valence-corrected chi connectivity index (χ2v) is 8.85. The topological polar surface area (TPSA) is 20.2 Å². The fourth-order valence-corrected chi connectivity index (χ4v) is 2.49. The summed E-state index contributed by atoms with van der Waals surface area (Å²) in [5, 5.41) is 8.31. The lowest BCUT2D eigenvalue weighted by Gasteiger charge is -2.46. The fourth-order valence-electron chi connectivity index (χ4n) is 2.15. The van der Waals surface area contributed by atoms with E-state index in [0.29, 0.717) is 0 Å². The predicted octanol–water partition coefficient (Wildman–Crippen LogP) is 8.59. The second kappa shape index (κ2) is 9.43. The number of hydrogen-bond donors (Lipinski definition) is 1. The van der Waals surface area contributed by atoms with Gasteiger partial charge >= 0.3 is 75.2 Å². The summed E-state index contributed by atoms with van der Waals surface area (Å²) in [6, 6.07) is 0. The lowest BCUT2D eigenvalue weighted by atomic mass is 9.84. The first-order valence-corrected chi connectivity index (χ1v) is 9.40. The van der Waals surface area contributed by atoms with Gasteiger partial charge in [-0.15, -0.1) is 0 Å². The third-order valence-corrected chi connectivity index (χ3v) is 6.03. The highest BCUT2D eigenvalue weighted by Crippen LogP contribution is 2.68. The summed E-state index contributed by atoms with van der Waals surface area (Å²) in [6.07, 6.45) is -15.7. The molecule has 0 aliphatic heterocycles. The van der Waals surface area contributed by atoms with Gasteiger partial charge in [0.25, 0.3) is 0 Å². The maximum atomic E-state index is 13.6. The third kappa shape index (κ3) is 4.63. The van der Waals surface area contributed by atoms with Crippen LogP contribution in [-0.2, 0) is 0 Å². The molecule has 0 aromatic rings. The molecule has 0 saturated carbocycles. The fraction of sp³-hybridized carbons (Fsp3) is 1.00. The quantitative estimate of drug-likeness (QED) is 0.134. The van der Waals surface area contributed by atoms with E-state index >= 15 is 0 Å². The molecule has 2 atom stereocenters. The molecule has 0 bridgehead atoms. The molecule has 0 rings (SSSR count). The number of alkyl halides is 27. The minimum atomic E-state index is -9.66. The van der Waals surface area contributed by atoms with Crippen LogP contribution in [0.4, 0.5) is 114 Å². The van der Waals surface area contributed by atoms with Crippen LogP contribution in [0.15, 0.2) is 0 Å². The summed E-state index contributed by atoms with van der Waals surface area (Å²) in [5.41, 5.74) is 0. The van der Waals surface area contributed by atoms with Crippen LogP contribution in [0, 0.1) is 0 Å². The van der Waals surface area contributed by atoms with Crippen molar-refractivity contribution >= 4 is 22.6 Å². The molecule has 0 aliphatic rings. The maximum Gasteiger partial charge on any atom is 0.460 e. The van der Waals surface area contributed by atoms with Gasteiger partial charge in [0.05, 0.1) is 0 Å². The SMILES string of the molecule is OC(F)(C(F)(F)C(F)(F)C(F)(F)C(F)(F)C(F)(F)C(F)(F)C(F)(F)C(F)(F)C(F)(F)C(F)(F)F)C(F)(I)C(F)(F)F. The highest BCUT2D eigenvalue weighted by molar-refractivity contribution is 14.1. The average molecular weight is 794 g/mol. The van der Waals surface area contributed by atoms with E-state index in [-0.39, 0.29) is 0 Å². The molecule has 0 aromatic heterocycles. The highest BCUT2D eigenvalue weighted by atomic mass is 127. The van der Waals surface area contributed by atoms with Gasteiger partial charge in [-0.3, -0.25) is 0 Å². The van der Waals surface area contributed by atoms with Crippen molar-refractivity contribution in [2.45, 2.75) is 75.2 Å². The summed E-state index contributed by atoms with van der Waals surface area (Å²) in [5.74, 6) is -91.9. The molecule has 248 valence electrons. The lowest BCUT2D eigenvalue weighted by Crippen LogP contribution is -2.79. The van der Waals surface area contributed by atoms with Crippen LogP contribution in [0.3, 0.4) is 0 Å². The van der Waals surface area contributed by atoms with Gasteiger partial charge in [-0.05, 0) is 22.6 Å². The van der Waals surface area contributed by atoms with Crippen LogP contribution in [0.5, 0.6) is 0 Å². The van der Waals surface area contributed by atoms with Crippen molar-refractivity contribution < 1.29 is 119 Å². The first-order valence-electron chi connectivity index (χ1n) is 8.33. The Morgan fingerprint density at radius 1 is 0.268 bits per heavy atom. The van der Waals surface area contributed by atoms with E-state index in [1.54, 1.807) is 0 Å². The Morgan fingerprint density at radius 2 is 0.439 bits per heavy atom. The third-order valence-electron chi connectivity index (χ3n) is 4.70. The van der Waals surface area contributed by atoms with Gasteiger partial charge < -0.3 is 5.11 Å². The van der Waals surface area contributed by atoms with Gasteiger partial charge in [-0.1, -0.05) is 0 Å². The van der Waals surface area contributed by atoms with Crippen molar-refractivity contribution in [1.29, 1.82) is 0 Å². The van der Waals surface area contributed by atoms with Crippen molar-refractivity contribution in [3.63, 3.8) is 0 Å². The monoisotopic (exact) mass is 794 g/mol. The van der Waals surface area contributed by atoms with Crippen LogP contribution in [-0.4, -0.2) is 80.3 Å². The molecule has 0 saturated heterocycles. The van der Waals surface area contributed by atoms with Gasteiger partial charge in [0.2, 0.25) is 0 Å². The summed E-state index contributed by atoms with van der Waals surface area (Å²) in [6.45, 7) is 0. The minimum Gasteiger partial charge on any atom is -0.354 e. The van der Waals surface area contributed by atoms with Crippen LogP contribution < -0.4 is 0 Å². The standard InChI is InChI=1S/C13HF26IO/c14-1(15,3(18,19)5(22,23)7(26,27)9(30,31)12(34,35)36)2(16,17)4(20,21)6(24,25)8(28,29)11(33,41)10(32,40)13(37,38)39/h41H. The van der Waals surface area contributed by atoms with Crippen molar-refractivity contribution in [2.24, 2.45) is 0 Å². The van der Waals surface area contributed by atoms with E-state index < -0.39 is 97.8 Å². The number of aliphatic hydroxyl groups is 1. The van der Waals surface area contributed by atoms with Crippen molar-refractivity contribution in [3.05, 3.63) is 0 Å². The number of halogens is 27. The molecule has 0 amide bonds. The number of hydrogen-bond acceptors (Lipinski definition) is 1. The van der Waals surface area contributed by atoms with Gasteiger partial charge in [-0.2, -0.15) is 105 Å². The molecular formula is C13HF26IO. The Balaban J connectivity index is 7.41. The zero-order valence-electron chi connectivity index (χ0n) is 17.2. The van der Waals surface area contributed by atoms with E-state index in [4.69, 9.17) is 5.11 Å². The predicted molar refractivity (Wildman–Crippen MR) is 80.5 cm³/mol. The van der Waals surface area contributed by atoms with E-state index in [1.807, 2.05) is 0 Å². The van der Waals surface area contributed by atoms with E-state index in [9.17, 15) is 114 Å². The Bertz CT molecular complexity index is 891. The zero-order chi connectivity index (χ0) is 34.5. The molecule has 0 heterocycles. The second-order valence-electron chi connectivity index (χ2n) is 7.36. The molecule has 0 fully saturated rings. The average Bonchev–Trinajstić information content (AvgIpc) is 2.70. The van der Waals surface area contributed by atoms with Crippen molar-refractivity contribution in [2.75, 3.05) is 0 Å². The normalized spacial score (nSPS) is 19.6. The first-order chi connectivity index (χ1) is 17.0. The minimum absolute atomic E-state index is 1.47. The summed E-state index contributed by atoms with van der Waals surface area (Å²) in [7, 11) is 0. The zero-order valence-corrected chi connectivity index (χ0v) is 19.3. The Hall–Kier alpha value is -1.13. The Morgan fingerprint density at radius 3 is 0.610 bits per heavy atom. The van der Waals surface area contributed by atoms with Gasteiger partial charge in [0, 0.05) is 0 Å². The molecule has 1 N–H and O–H groups in total. The molecule has 0 radical (unpaired) electrons. The smallest absolute Gasteiger partial charge is 0.354 e. The Labute approximate surface area is 217 Å². The highest BCUT2D eigenvalue weighted by Gasteiger charge is 2.99. The van der Waals surface area contributed by atoms with Crippen molar-refractivity contribution in [1.82, 2.24) is 0 Å². The van der Waals surface area contributed by atoms with E-state index in [0.717, 1.165) is 0 Å². The molecule has 2 unspecified atom stereocenters. The van der Waals surface area contributed by atoms with Crippen LogP contribution in [0.1, 0.15) is 0 Å². The molecular weight excluding hydrogens is 793 g/mol. The van der Waals surface area contributed by atoms with E-state index in [2.05, 4.69) is 0 Å². The lowest BCUT2D eigenvalue weighted by molar-refractivity contribution is -0.483. The van der Waals surface area contributed by atoms with Crippen LogP contribution >= 0.6 is 22.6 Å². The van der Waals surface area contributed by atoms with Gasteiger partial charge in [-0.25, -0.2) is 8.78 Å². The summed E-state index contributed by atoms with van der Waals surface area (Å²) < 4.78 is 333. The molecule has 0 aliphatic carbocycles. The summed E-state index contributed by atoms with van der Waals surface area (Å²) >= 11 is -1.47. The molecule has 0 spiro atoms.